The summed E-state index contributed by atoms with van der Waals surface area (Å²) in [5, 5.41) is 0. The predicted octanol–water partition coefficient (Wildman–Crippen LogP) is 4.47. The van der Waals surface area contributed by atoms with E-state index in [1.54, 1.807) is 6.92 Å². The summed E-state index contributed by atoms with van der Waals surface area (Å²) in [5.41, 5.74) is 5.73. The number of hydrogen-bond donors (Lipinski definition) is 1. The molecule has 112 valence electrons. The molecule has 0 unspecified atom stereocenters. The van der Waals surface area contributed by atoms with Gasteiger partial charge in [-0.15, -0.1) is 0 Å². The van der Waals surface area contributed by atoms with Crippen molar-refractivity contribution in [2.24, 2.45) is 5.73 Å². The molecule has 0 aliphatic rings. The Hall–Kier alpha value is -1.53. The van der Waals surface area contributed by atoms with Crippen LogP contribution in [0.15, 0.2) is 34.8 Å². The molecule has 0 fully saturated rings. The largest absolute Gasteiger partial charge is 0.489 e. The number of hydrogen-bond acceptors (Lipinski definition) is 2. The molecule has 0 aliphatic heterocycles. The summed E-state index contributed by atoms with van der Waals surface area (Å²) in [4.78, 5) is 0. The highest BCUT2D eigenvalue weighted by molar-refractivity contribution is 9.10. The smallest absolute Gasteiger partial charge is 0.146 e. The molecule has 0 saturated heterocycles. The van der Waals surface area contributed by atoms with Crippen LogP contribution in [-0.2, 0) is 6.61 Å². The van der Waals surface area contributed by atoms with Crippen molar-refractivity contribution in [1.82, 2.24) is 0 Å². The van der Waals surface area contributed by atoms with Crippen LogP contribution < -0.4 is 10.5 Å². The van der Waals surface area contributed by atoms with E-state index >= 15 is 0 Å². The van der Waals surface area contributed by atoms with Crippen LogP contribution in [0.5, 0.6) is 5.75 Å². The zero-order valence-electron chi connectivity index (χ0n) is 11.2. The maximum atomic E-state index is 13.8. The standard InChI is InChI=1S/C15H13BrF3NO/c1-8(20)10-3-2-9(6-14(10)18)21-7-11-13(17)5-4-12(16)15(11)19/h2-6,8H,7,20H2,1H3/t8-/m0/s1. The number of halogens is 4. The van der Waals surface area contributed by atoms with E-state index in [9.17, 15) is 13.2 Å². The lowest BCUT2D eigenvalue weighted by molar-refractivity contribution is 0.290. The van der Waals surface area contributed by atoms with E-state index in [1.165, 1.54) is 18.2 Å². The molecule has 2 aromatic carbocycles. The normalized spacial score (nSPS) is 12.3. The van der Waals surface area contributed by atoms with Gasteiger partial charge in [0.05, 0.1) is 10.0 Å². The fourth-order valence-electron chi connectivity index (χ4n) is 1.82. The van der Waals surface area contributed by atoms with E-state index in [-0.39, 0.29) is 22.4 Å². The van der Waals surface area contributed by atoms with Crippen LogP contribution >= 0.6 is 15.9 Å². The highest BCUT2D eigenvalue weighted by atomic mass is 79.9. The summed E-state index contributed by atoms with van der Waals surface area (Å²) >= 11 is 2.97. The SMILES string of the molecule is C[C@H](N)c1ccc(OCc2c(F)ccc(Br)c2F)cc1F. The summed E-state index contributed by atoms with van der Waals surface area (Å²) < 4.78 is 46.4. The first-order chi connectivity index (χ1) is 9.90. The number of ether oxygens (including phenoxy) is 1. The van der Waals surface area contributed by atoms with Gasteiger partial charge in [-0.1, -0.05) is 6.07 Å². The third-order valence-corrected chi connectivity index (χ3v) is 3.60. The second kappa shape index (κ2) is 6.49. The third kappa shape index (κ3) is 3.57. The Kier molecular flexibility index (Phi) is 4.90. The van der Waals surface area contributed by atoms with Gasteiger partial charge in [-0.25, -0.2) is 13.2 Å². The molecule has 0 bridgehead atoms. The number of nitrogens with two attached hydrogens (primary N) is 1. The highest BCUT2D eigenvalue weighted by Crippen LogP contribution is 2.25. The third-order valence-electron chi connectivity index (χ3n) is 2.98. The van der Waals surface area contributed by atoms with Crippen molar-refractivity contribution in [3.05, 3.63) is 63.4 Å². The van der Waals surface area contributed by atoms with Crippen LogP contribution in [0.3, 0.4) is 0 Å². The first-order valence-corrected chi connectivity index (χ1v) is 6.99. The minimum atomic E-state index is -0.734. The van der Waals surface area contributed by atoms with Crippen LogP contribution in [0.2, 0.25) is 0 Å². The average Bonchev–Trinajstić information content (AvgIpc) is 2.43. The Morgan fingerprint density at radius 3 is 2.48 bits per heavy atom. The Morgan fingerprint density at radius 2 is 1.86 bits per heavy atom. The molecule has 0 aromatic heterocycles. The van der Waals surface area contributed by atoms with E-state index in [0.29, 0.717) is 5.56 Å². The second-order valence-corrected chi connectivity index (χ2v) is 5.44. The van der Waals surface area contributed by atoms with Crippen molar-refractivity contribution in [3.8, 4) is 5.75 Å². The van der Waals surface area contributed by atoms with Crippen molar-refractivity contribution < 1.29 is 17.9 Å². The molecule has 21 heavy (non-hydrogen) atoms. The van der Waals surface area contributed by atoms with Gasteiger partial charge in [0.1, 0.15) is 29.8 Å². The molecule has 2 N–H and O–H groups in total. The molecule has 6 heteroatoms. The molecule has 0 heterocycles. The maximum Gasteiger partial charge on any atom is 0.146 e. The number of benzene rings is 2. The van der Waals surface area contributed by atoms with E-state index in [4.69, 9.17) is 10.5 Å². The molecule has 0 saturated carbocycles. The first kappa shape index (κ1) is 15.9. The van der Waals surface area contributed by atoms with Gasteiger partial charge >= 0.3 is 0 Å². The van der Waals surface area contributed by atoms with E-state index in [1.807, 2.05) is 0 Å². The zero-order chi connectivity index (χ0) is 15.6. The van der Waals surface area contributed by atoms with Gasteiger partial charge in [-0.05, 0) is 41.1 Å². The Bertz CT molecular complexity index is 662. The number of rotatable bonds is 4. The molecule has 1 atom stereocenters. The Morgan fingerprint density at radius 1 is 1.14 bits per heavy atom. The van der Waals surface area contributed by atoms with Crippen molar-refractivity contribution in [2.45, 2.75) is 19.6 Å². The Balaban J connectivity index is 2.18. The fourth-order valence-corrected chi connectivity index (χ4v) is 2.20. The van der Waals surface area contributed by atoms with E-state index < -0.39 is 23.5 Å². The lowest BCUT2D eigenvalue weighted by Gasteiger charge is -2.11. The molecule has 0 spiro atoms. The molecular formula is C15H13BrF3NO. The van der Waals surface area contributed by atoms with Gasteiger partial charge in [0.25, 0.3) is 0 Å². The fraction of sp³-hybridized carbons (Fsp3) is 0.200. The van der Waals surface area contributed by atoms with Gasteiger partial charge in [-0.2, -0.15) is 0 Å². The summed E-state index contributed by atoms with van der Waals surface area (Å²) in [6.07, 6.45) is 0. The van der Waals surface area contributed by atoms with Gasteiger partial charge in [0, 0.05) is 17.7 Å². The van der Waals surface area contributed by atoms with Crippen LogP contribution in [0.1, 0.15) is 24.1 Å². The molecule has 2 rings (SSSR count). The van der Waals surface area contributed by atoms with Crippen molar-refractivity contribution in [1.29, 1.82) is 0 Å². The van der Waals surface area contributed by atoms with Crippen molar-refractivity contribution in [3.63, 3.8) is 0 Å². The van der Waals surface area contributed by atoms with Gasteiger partial charge < -0.3 is 10.5 Å². The lowest BCUT2D eigenvalue weighted by Crippen LogP contribution is -2.08. The summed E-state index contributed by atoms with van der Waals surface area (Å²) in [5.74, 6) is -1.79. The summed E-state index contributed by atoms with van der Waals surface area (Å²) in [7, 11) is 0. The predicted molar refractivity (Wildman–Crippen MR) is 77.4 cm³/mol. The minimum Gasteiger partial charge on any atom is -0.489 e. The van der Waals surface area contributed by atoms with Gasteiger partial charge in [0.2, 0.25) is 0 Å². The molecule has 0 radical (unpaired) electrons. The second-order valence-electron chi connectivity index (χ2n) is 4.58. The van der Waals surface area contributed by atoms with E-state index in [0.717, 1.165) is 12.1 Å². The minimum absolute atomic E-state index is 0.140. The van der Waals surface area contributed by atoms with Crippen molar-refractivity contribution in [2.75, 3.05) is 0 Å². The first-order valence-electron chi connectivity index (χ1n) is 6.20. The van der Waals surface area contributed by atoms with Gasteiger partial charge in [-0.3, -0.25) is 0 Å². The summed E-state index contributed by atoms with van der Waals surface area (Å²) in [6.45, 7) is 1.32. The van der Waals surface area contributed by atoms with Crippen LogP contribution in [-0.4, -0.2) is 0 Å². The molecular weight excluding hydrogens is 347 g/mol. The van der Waals surface area contributed by atoms with Crippen LogP contribution in [0.4, 0.5) is 13.2 Å². The molecule has 0 aliphatic carbocycles. The van der Waals surface area contributed by atoms with Crippen LogP contribution in [0.25, 0.3) is 0 Å². The highest BCUT2D eigenvalue weighted by Gasteiger charge is 2.14. The monoisotopic (exact) mass is 359 g/mol. The average molecular weight is 360 g/mol. The van der Waals surface area contributed by atoms with E-state index in [2.05, 4.69) is 15.9 Å². The van der Waals surface area contributed by atoms with Crippen LogP contribution in [0, 0.1) is 17.5 Å². The topological polar surface area (TPSA) is 35.2 Å². The lowest BCUT2D eigenvalue weighted by atomic mass is 10.1. The molecule has 0 amide bonds. The quantitative estimate of drug-likeness (QED) is 0.817. The maximum absolute atomic E-state index is 13.8. The van der Waals surface area contributed by atoms with Gasteiger partial charge in [0.15, 0.2) is 0 Å². The zero-order valence-corrected chi connectivity index (χ0v) is 12.8. The summed E-state index contributed by atoms with van der Waals surface area (Å²) in [6, 6.07) is 6.10. The molecule has 2 aromatic rings. The van der Waals surface area contributed by atoms with Crippen molar-refractivity contribution >= 4 is 15.9 Å². The molecule has 2 nitrogen and oxygen atoms in total. The Labute approximate surface area is 128 Å².